The number of carbonyl (C=O) groups excluding carboxylic acids is 1. The van der Waals surface area contributed by atoms with Gasteiger partial charge in [-0.3, -0.25) is 14.7 Å². The number of nitrogen functional groups attached to an aromatic ring is 1. The highest BCUT2D eigenvalue weighted by molar-refractivity contribution is 6.33. The van der Waals surface area contributed by atoms with E-state index < -0.39 is 0 Å². The third-order valence-electron chi connectivity index (χ3n) is 5.13. The molecule has 2 heterocycles. The van der Waals surface area contributed by atoms with Crippen LogP contribution < -0.4 is 11.1 Å². The van der Waals surface area contributed by atoms with Crippen LogP contribution in [0.1, 0.15) is 28.8 Å². The predicted octanol–water partition coefficient (Wildman–Crippen LogP) is 4.83. The number of nitrogens with one attached hydrogen (secondary N) is 1. The second-order valence-corrected chi connectivity index (χ2v) is 7.68. The number of nitrogens with two attached hydrogens (primary N) is 1. The van der Waals surface area contributed by atoms with Gasteiger partial charge in [-0.05, 0) is 61.8 Å². The summed E-state index contributed by atoms with van der Waals surface area (Å²) in [5.41, 5.74) is 10.3. The number of pyridine rings is 1. The normalized spacial score (nSPS) is 14.1. The van der Waals surface area contributed by atoms with Crippen LogP contribution >= 0.6 is 11.6 Å². The lowest BCUT2D eigenvalue weighted by molar-refractivity contribution is 0.102. The van der Waals surface area contributed by atoms with Crippen LogP contribution in [0.25, 0.3) is 11.3 Å². The molecule has 0 radical (unpaired) electrons. The van der Waals surface area contributed by atoms with Gasteiger partial charge in [0.05, 0.1) is 22.1 Å². The number of anilines is 2. The largest absolute Gasteiger partial charge is 0.397 e. The van der Waals surface area contributed by atoms with Gasteiger partial charge >= 0.3 is 0 Å². The Morgan fingerprint density at radius 2 is 1.83 bits per heavy atom. The van der Waals surface area contributed by atoms with E-state index in [1.54, 1.807) is 24.3 Å². The standard InChI is InChI=1S/C23H23ClN4O/c24-19-13-16(15-28-11-3-4-12-28)14-26-22(19)17-7-9-18(10-8-17)23(29)27-21-6-2-1-5-20(21)25/h1-2,5-10,13-14H,3-4,11-12,15,25H2,(H,27,29). The molecule has 1 aromatic heterocycles. The van der Waals surface area contributed by atoms with Crippen molar-refractivity contribution in [2.24, 2.45) is 0 Å². The van der Waals surface area contributed by atoms with Crippen molar-refractivity contribution in [3.05, 3.63) is 76.9 Å². The number of likely N-dealkylation sites (tertiary alicyclic amines) is 1. The molecule has 0 aliphatic carbocycles. The lowest BCUT2D eigenvalue weighted by atomic mass is 10.1. The third kappa shape index (κ3) is 4.58. The molecule has 0 saturated carbocycles. The van der Waals surface area contributed by atoms with E-state index in [4.69, 9.17) is 17.3 Å². The van der Waals surface area contributed by atoms with Crippen LogP contribution in [0.15, 0.2) is 60.8 Å². The molecule has 0 atom stereocenters. The van der Waals surface area contributed by atoms with Gasteiger partial charge in [-0.2, -0.15) is 0 Å². The van der Waals surface area contributed by atoms with Crippen LogP contribution in [-0.2, 0) is 6.54 Å². The summed E-state index contributed by atoms with van der Waals surface area (Å²) in [7, 11) is 0. The van der Waals surface area contributed by atoms with Gasteiger partial charge in [-0.1, -0.05) is 35.9 Å². The zero-order valence-corrected chi connectivity index (χ0v) is 16.8. The number of amides is 1. The Labute approximate surface area is 175 Å². The van der Waals surface area contributed by atoms with Crippen LogP contribution in [0.4, 0.5) is 11.4 Å². The smallest absolute Gasteiger partial charge is 0.255 e. The molecule has 2 aromatic carbocycles. The minimum atomic E-state index is -0.213. The molecule has 1 amide bonds. The van der Waals surface area contributed by atoms with Gasteiger partial charge in [0.15, 0.2) is 0 Å². The van der Waals surface area contributed by atoms with Crippen LogP contribution in [0, 0.1) is 0 Å². The number of carbonyl (C=O) groups is 1. The lowest BCUT2D eigenvalue weighted by Crippen LogP contribution is -2.18. The zero-order valence-electron chi connectivity index (χ0n) is 16.1. The van der Waals surface area contributed by atoms with Gasteiger partial charge in [0.1, 0.15) is 0 Å². The minimum Gasteiger partial charge on any atom is -0.397 e. The molecule has 1 aliphatic heterocycles. The Morgan fingerprint density at radius 1 is 1.10 bits per heavy atom. The monoisotopic (exact) mass is 406 g/mol. The van der Waals surface area contributed by atoms with Crippen LogP contribution in [0.5, 0.6) is 0 Å². The third-order valence-corrected chi connectivity index (χ3v) is 5.42. The van der Waals surface area contributed by atoms with Gasteiger partial charge in [0, 0.05) is 23.9 Å². The Kier molecular flexibility index (Phi) is 5.79. The maximum absolute atomic E-state index is 12.5. The fourth-order valence-electron chi connectivity index (χ4n) is 3.56. The summed E-state index contributed by atoms with van der Waals surface area (Å²) in [5.74, 6) is -0.213. The first kappa shape index (κ1) is 19.4. The summed E-state index contributed by atoms with van der Waals surface area (Å²) < 4.78 is 0. The maximum Gasteiger partial charge on any atom is 0.255 e. The van der Waals surface area contributed by atoms with Crippen molar-refractivity contribution in [1.82, 2.24) is 9.88 Å². The SMILES string of the molecule is Nc1ccccc1NC(=O)c1ccc(-c2ncc(CN3CCCC3)cc2Cl)cc1. The average molecular weight is 407 g/mol. The minimum absolute atomic E-state index is 0.213. The van der Waals surface area contributed by atoms with Gasteiger partial charge in [-0.15, -0.1) is 0 Å². The highest BCUT2D eigenvalue weighted by Crippen LogP contribution is 2.28. The van der Waals surface area contributed by atoms with E-state index in [1.165, 1.54) is 12.8 Å². The van der Waals surface area contributed by atoms with E-state index in [2.05, 4.69) is 15.2 Å². The van der Waals surface area contributed by atoms with E-state index in [9.17, 15) is 4.79 Å². The van der Waals surface area contributed by atoms with Crippen molar-refractivity contribution in [1.29, 1.82) is 0 Å². The first-order chi connectivity index (χ1) is 14.1. The number of hydrogen-bond donors (Lipinski definition) is 2. The molecule has 148 valence electrons. The first-order valence-electron chi connectivity index (χ1n) is 9.73. The van der Waals surface area contributed by atoms with Gasteiger partial charge < -0.3 is 11.1 Å². The Bertz CT molecular complexity index is 1010. The zero-order chi connectivity index (χ0) is 20.2. The summed E-state index contributed by atoms with van der Waals surface area (Å²) >= 11 is 6.50. The molecule has 3 N–H and O–H groups in total. The van der Waals surface area contributed by atoms with Crippen molar-refractivity contribution in [2.45, 2.75) is 19.4 Å². The van der Waals surface area contributed by atoms with Crippen molar-refractivity contribution in [3.63, 3.8) is 0 Å². The summed E-state index contributed by atoms with van der Waals surface area (Å²) in [5, 5.41) is 3.45. The van der Waals surface area contributed by atoms with Crippen molar-refractivity contribution in [3.8, 4) is 11.3 Å². The van der Waals surface area contributed by atoms with Crippen molar-refractivity contribution < 1.29 is 4.79 Å². The summed E-state index contributed by atoms with van der Waals surface area (Å²) in [6.07, 6.45) is 4.41. The number of nitrogens with zero attached hydrogens (tertiary/aromatic N) is 2. The molecule has 1 aliphatic rings. The molecule has 1 fully saturated rings. The molecular formula is C23H23ClN4O. The van der Waals surface area contributed by atoms with Crippen LogP contribution in [-0.4, -0.2) is 28.9 Å². The molecule has 3 aromatic rings. The summed E-state index contributed by atoms with van der Waals surface area (Å²) in [6.45, 7) is 3.16. The molecule has 1 saturated heterocycles. The molecule has 6 heteroatoms. The highest BCUT2D eigenvalue weighted by atomic mass is 35.5. The van der Waals surface area contributed by atoms with Crippen LogP contribution in [0.3, 0.4) is 0 Å². The Morgan fingerprint density at radius 3 is 2.52 bits per heavy atom. The molecule has 0 bridgehead atoms. The molecule has 5 nitrogen and oxygen atoms in total. The lowest BCUT2D eigenvalue weighted by Gasteiger charge is -2.15. The van der Waals surface area contributed by atoms with E-state index in [-0.39, 0.29) is 5.91 Å². The molecule has 0 spiro atoms. The molecule has 4 rings (SSSR count). The number of benzene rings is 2. The maximum atomic E-state index is 12.5. The van der Waals surface area contributed by atoms with E-state index in [0.717, 1.165) is 36.5 Å². The fraction of sp³-hybridized carbons (Fsp3) is 0.217. The first-order valence-corrected chi connectivity index (χ1v) is 10.1. The Hall–Kier alpha value is -2.89. The van der Waals surface area contributed by atoms with E-state index >= 15 is 0 Å². The van der Waals surface area contributed by atoms with Gasteiger partial charge in [-0.25, -0.2) is 0 Å². The number of hydrogen-bond acceptors (Lipinski definition) is 4. The van der Waals surface area contributed by atoms with E-state index in [1.807, 2.05) is 36.5 Å². The second-order valence-electron chi connectivity index (χ2n) is 7.28. The number of aromatic nitrogens is 1. The number of para-hydroxylation sites is 2. The number of halogens is 1. The molecule has 29 heavy (non-hydrogen) atoms. The van der Waals surface area contributed by atoms with Crippen molar-refractivity contribution in [2.75, 3.05) is 24.1 Å². The molecule has 0 unspecified atom stereocenters. The second kappa shape index (κ2) is 8.64. The van der Waals surface area contributed by atoms with E-state index in [0.29, 0.717) is 22.0 Å². The van der Waals surface area contributed by atoms with Gasteiger partial charge in [0.25, 0.3) is 5.91 Å². The number of rotatable bonds is 5. The van der Waals surface area contributed by atoms with Crippen LogP contribution in [0.2, 0.25) is 5.02 Å². The quantitative estimate of drug-likeness (QED) is 0.595. The Balaban J connectivity index is 1.47. The topological polar surface area (TPSA) is 71.2 Å². The highest BCUT2D eigenvalue weighted by Gasteiger charge is 2.14. The summed E-state index contributed by atoms with van der Waals surface area (Å²) in [4.78, 5) is 19.5. The average Bonchev–Trinajstić information content (AvgIpc) is 3.23. The fourth-order valence-corrected chi connectivity index (χ4v) is 3.86. The predicted molar refractivity (Wildman–Crippen MR) is 118 cm³/mol. The van der Waals surface area contributed by atoms with Gasteiger partial charge in [0.2, 0.25) is 0 Å². The molecular weight excluding hydrogens is 384 g/mol. The van der Waals surface area contributed by atoms with Crippen molar-refractivity contribution >= 4 is 28.9 Å². The summed E-state index contributed by atoms with van der Waals surface area (Å²) in [6, 6.07) is 16.4.